The van der Waals surface area contributed by atoms with Gasteiger partial charge in [0.25, 0.3) is 5.69 Å². The number of carbonyl (C=O) groups excluding carboxylic acids is 1. The molecule has 0 unspecified atom stereocenters. The summed E-state index contributed by atoms with van der Waals surface area (Å²) in [5.74, 6) is -0.500. The van der Waals surface area contributed by atoms with E-state index in [-0.39, 0.29) is 12.3 Å². The lowest BCUT2D eigenvalue weighted by atomic mass is 10.0. The van der Waals surface area contributed by atoms with Crippen molar-refractivity contribution in [3.05, 3.63) is 70.3 Å². The van der Waals surface area contributed by atoms with Crippen molar-refractivity contribution in [2.24, 2.45) is 0 Å². The Kier molecular flexibility index (Phi) is 5.78. The fourth-order valence-corrected chi connectivity index (χ4v) is 5.00. The average Bonchev–Trinajstić information content (AvgIpc) is 2.98. The number of nitro benzene ring substituents is 1. The minimum atomic E-state index is -0.500. The van der Waals surface area contributed by atoms with E-state index in [0.717, 1.165) is 5.56 Å². The summed E-state index contributed by atoms with van der Waals surface area (Å²) in [5, 5.41) is 11.7. The third-order valence-corrected chi connectivity index (χ3v) is 5.98. The van der Waals surface area contributed by atoms with Gasteiger partial charge in [0.05, 0.1) is 20.6 Å². The Hall–Kier alpha value is -2.84. The van der Waals surface area contributed by atoms with E-state index in [4.69, 9.17) is 10.5 Å². The van der Waals surface area contributed by atoms with Crippen molar-refractivity contribution in [3.8, 4) is 11.1 Å². The van der Waals surface area contributed by atoms with Crippen LogP contribution in [0.3, 0.4) is 0 Å². The maximum Gasteiger partial charge on any atom is 0.341 e. The number of carbonyl (C=O) groups is 1. The number of nitrogen functional groups attached to an aromatic ring is 1. The van der Waals surface area contributed by atoms with Gasteiger partial charge in [-0.1, -0.05) is 54.2 Å². The minimum Gasteiger partial charge on any atom is -0.462 e. The van der Waals surface area contributed by atoms with Crippen molar-refractivity contribution in [2.75, 3.05) is 12.3 Å². The Bertz CT molecular complexity index is 987. The van der Waals surface area contributed by atoms with Crippen LogP contribution in [0.5, 0.6) is 0 Å². The lowest BCUT2D eigenvalue weighted by Gasteiger charge is -2.08. The Morgan fingerprint density at radius 3 is 2.52 bits per heavy atom. The summed E-state index contributed by atoms with van der Waals surface area (Å²) in [6, 6.07) is 15.8. The maximum absolute atomic E-state index is 12.5. The number of nitrogens with zero attached hydrogens (tertiary/aromatic N) is 1. The second kappa shape index (κ2) is 8.24. The average molecular weight is 400 g/mol. The van der Waals surface area contributed by atoms with Crippen LogP contribution in [-0.2, 0) is 4.74 Å². The maximum atomic E-state index is 12.5. The first-order chi connectivity index (χ1) is 13.0. The highest BCUT2D eigenvalue weighted by Gasteiger charge is 2.26. The predicted octanol–water partition coefficient (Wildman–Crippen LogP) is 5.23. The fourth-order valence-electron chi connectivity index (χ4n) is 2.57. The van der Waals surface area contributed by atoms with Gasteiger partial charge in [-0.2, -0.15) is 0 Å². The topological polar surface area (TPSA) is 95.5 Å². The van der Waals surface area contributed by atoms with E-state index in [2.05, 4.69) is 0 Å². The quantitative estimate of drug-likeness (QED) is 0.346. The number of nitrogens with two attached hydrogens (primary N) is 1. The van der Waals surface area contributed by atoms with E-state index in [1.807, 2.05) is 30.3 Å². The SMILES string of the molecule is CCOC(=O)c1c(N)sc(Sc2ccccc2[N+](=O)[O-])c1-c1ccccc1. The Morgan fingerprint density at radius 1 is 1.19 bits per heavy atom. The van der Waals surface area contributed by atoms with Gasteiger partial charge < -0.3 is 10.5 Å². The number of benzene rings is 2. The first-order valence-corrected chi connectivity index (χ1v) is 9.72. The molecule has 0 radical (unpaired) electrons. The summed E-state index contributed by atoms with van der Waals surface area (Å²) in [4.78, 5) is 23.9. The molecular formula is C19H16N2O4S2. The Morgan fingerprint density at radius 2 is 1.85 bits per heavy atom. The van der Waals surface area contributed by atoms with E-state index in [9.17, 15) is 14.9 Å². The van der Waals surface area contributed by atoms with Crippen LogP contribution in [0.4, 0.5) is 10.7 Å². The van der Waals surface area contributed by atoms with E-state index < -0.39 is 10.9 Å². The Balaban J connectivity index is 2.15. The van der Waals surface area contributed by atoms with Gasteiger partial charge in [-0.05, 0) is 18.6 Å². The third-order valence-electron chi connectivity index (χ3n) is 3.71. The Labute approximate surface area is 164 Å². The zero-order valence-corrected chi connectivity index (χ0v) is 16.0. The molecule has 3 rings (SSSR count). The number of ether oxygens (including phenoxy) is 1. The standard InChI is InChI=1S/C19H16N2O4S2/c1-2-25-18(22)16-15(12-8-4-3-5-9-12)19(27-17(16)20)26-14-11-7-6-10-13(14)21(23)24/h3-11H,2,20H2,1H3. The number of anilines is 1. The van der Waals surface area contributed by atoms with Gasteiger partial charge in [0.15, 0.2) is 0 Å². The highest BCUT2D eigenvalue weighted by molar-refractivity contribution is 8.01. The van der Waals surface area contributed by atoms with E-state index in [1.54, 1.807) is 25.1 Å². The molecule has 2 aromatic carbocycles. The zero-order chi connectivity index (χ0) is 19.4. The number of esters is 1. The van der Waals surface area contributed by atoms with E-state index >= 15 is 0 Å². The largest absolute Gasteiger partial charge is 0.462 e. The molecule has 27 heavy (non-hydrogen) atoms. The van der Waals surface area contributed by atoms with E-state index in [1.165, 1.54) is 29.2 Å². The van der Waals surface area contributed by atoms with Crippen molar-refractivity contribution >= 4 is 39.8 Å². The number of para-hydroxylation sites is 1. The second-order valence-corrected chi connectivity index (χ2v) is 7.78. The van der Waals surface area contributed by atoms with Crippen LogP contribution >= 0.6 is 23.1 Å². The molecule has 0 aliphatic carbocycles. The molecular weight excluding hydrogens is 384 g/mol. The van der Waals surface area contributed by atoms with Gasteiger partial charge in [0.1, 0.15) is 10.6 Å². The van der Waals surface area contributed by atoms with Gasteiger partial charge in [-0.3, -0.25) is 10.1 Å². The van der Waals surface area contributed by atoms with Crippen molar-refractivity contribution in [2.45, 2.75) is 16.0 Å². The first kappa shape index (κ1) is 18.9. The minimum absolute atomic E-state index is 0.00571. The molecule has 0 fully saturated rings. The molecule has 0 saturated carbocycles. The zero-order valence-electron chi connectivity index (χ0n) is 14.4. The van der Waals surface area contributed by atoms with Gasteiger partial charge in [0, 0.05) is 11.6 Å². The summed E-state index contributed by atoms with van der Waals surface area (Å²) in [6.07, 6.45) is 0. The summed E-state index contributed by atoms with van der Waals surface area (Å²) >= 11 is 2.45. The fraction of sp³-hybridized carbons (Fsp3) is 0.105. The lowest BCUT2D eigenvalue weighted by molar-refractivity contribution is -0.387. The molecule has 1 aromatic heterocycles. The monoisotopic (exact) mass is 400 g/mol. The van der Waals surface area contributed by atoms with Crippen LogP contribution in [-0.4, -0.2) is 17.5 Å². The number of nitro groups is 1. The number of hydrogen-bond acceptors (Lipinski definition) is 7. The predicted molar refractivity (Wildman–Crippen MR) is 107 cm³/mol. The molecule has 1 heterocycles. The molecule has 0 aliphatic rings. The lowest BCUT2D eigenvalue weighted by Crippen LogP contribution is -2.07. The van der Waals surface area contributed by atoms with Crippen LogP contribution in [0.15, 0.2) is 63.7 Å². The summed E-state index contributed by atoms with van der Waals surface area (Å²) < 4.78 is 5.87. The molecule has 138 valence electrons. The van der Waals surface area contributed by atoms with Crippen molar-refractivity contribution < 1.29 is 14.5 Å². The molecule has 0 bridgehead atoms. The molecule has 0 aliphatic heterocycles. The van der Waals surface area contributed by atoms with Crippen molar-refractivity contribution in [3.63, 3.8) is 0 Å². The molecule has 8 heteroatoms. The molecule has 0 spiro atoms. The van der Waals surface area contributed by atoms with Crippen molar-refractivity contribution in [1.82, 2.24) is 0 Å². The second-order valence-electron chi connectivity index (χ2n) is 5.42. The number of thiophene rings is 1. The van der Waals surface area contributed by atoms with Gasteiger partial charge >= 0.3 is 5.97 Å². The summed E-state index contributed by atoms with van der Waals surface area (Å²) in [7, 11) is 0. The highest BCUT2D eigenvalue weighted by Crippen LogP contribution is 2.48. The molecule has 2 N–H and O–H groups in total. The molecule has 0 amide bonds. The van der Waals surface area contributed by atoms with Crippen LogP contribution in [0.2, 0.25) is 0 Å². The van der Waals surface area contributed by atoms with Gasteiger partial charge in [-0.15, -0.1) is 11.3 Å². The van der Waals surface area contributed by atoms with Crippen LogP contribution in [0.1, 0.15) is 17.3 Å². The van der Waals surface area contributed by atoms with Crippen LogP contribution in [0, 0.1) is 10.1 Å². The molecule has 3 aromatic rings. The number of hydrogen-bond donors (Lipinski definition) is 1. The van der Waals surface area contributed by atoms with Crippen molar-refractivity contribution in [1.29, 1.82) is 0 Å². The smallest absolute Gasteiger partial charge is 0.341 e. The van der Waals surface area contributed by atoms with Gasteiger partial charge in [-0.25, -0.2) is 4.79 Å². The highest BCUT2D eigenvalue weighted by atomic mass is 32.2. The first-order valence-electron chi connectivity index (χ1n) is 8.09. The van der Waals surface area contributed by atoms with E-state index in [0.29, 0.717) is 25.2 Å². The third kappa shape index (κ3) is 3.96. The molecule has 0 saturated heterocycles. The molecule has 0 atom stereocenters. The van der Waals surface area contributed by atoms with Crippen LogP contribution < -0.4 is 5.73 Å². The normalized spacial score (nSPS) is 10.6. The number of rotatable bonds is 6. The summed E-state index contributed by atoms with van der Waals surface area (Å²) in [6.45, 7) is 1.96. The van der Waals surface area contributed by atoms with Crippen LogP contribution in [0.25, 0.3) is 11.1 Å². The summed E-state index contributed by atoms with van der Waals surface area (Å²) in [5.41, 5.74) is 7.88. The molecule has 6 nitrogen and oxygen atoms in total. The van der Waals surface area contributed by atoms with Gasteiger partial charge in [0.2, 0.25) is 0 Å².